The monoisotopic (exact) mass is 364 g/mol. The number of rotatable bonds is 3. The molecule has 1 amide bonds. The molecule has 3 heterocycles. The number of hydrogen-bond donors (Lipinski definition) is 0. The number of amides is 1. The zero-order valence-electron chi connectivity index (χ0n) is 14.2. The van der Waals surface area contributed by atoms with Crippen molar-refractivity contribution in [2.45, 2.75) is 31.0 Å². The van der Waals surface area contributed by atoms with E-state index in [0.717, 1.165) is 5.39 Å². The summed E-state index contributed by atoms with van der Waals surface area (Å²) in [5.41, 5.74) is 0.330. The Morgan fingerprint density at radius 2 is 2.12 bits per heavy atom. The lowest BCUT2D eigenvalue weighted by Crippen LogP contribution is -2.41. The number of hydrogen-bond acceptors (Lipinski definition) is 6. The first kappa shape index (κ1) is 17.7. The number of aromatic nitrogens is 3. The molecule has 1 aliphatic heterocycles. The molecule has 25 heavy (non-hydrogen) atoms. The third-order valence-electron chi connectivity index (χ3n) is 4.26. The summed E-state index contributed by atoms with van der Waals surface area (Å²) in [4.78, 5) is 34.3. The Morgan fingerprint density at radius 3 is 2.76 bits per heavy atom. The van der Waals surface area contributed by atoms with Gasteiger partial charge in [-0.05, 0) is 25.8 Å². The van der Waals surface area contributed by atoms with Gasteiger partial charge in [-0.3, -0.25) is 9.36 Å². The fraction of sp³-hybridized carbons (Fsp3) is 0.500. The van der Waals surface area contributed by atoms with Gasteiger partial charge in [-0.15, -0.1) is 0 Å². The van der Waals surface area contributed by atoms with Gasteiger partial charge in [0.25, 0.3) is 5.56 Å². The summed E-state index contributed by atoms with van der Waals surface area (Å²) in [6, 6.07) is 3.09. The van der Waals surface area contributed by atoms with E-state index in [2.05, 4.69) is 9.97 Å². The molecule has 1 fully saturated rings. The Bertz CT molecular complexity index is 830. The van der Waals surface area contributed by atoms with Gasteiger partial charge < -0.3 is 14.2 Å². The average Bonchev–Trinajstić information content (AvgIpc) is 2.61. The van der Waals surface area contributed by atoms with Gasteiger partial charge in [0.2, 0.25) is 0 Å². The molecule has 9 heteroatoms. The second-order valence-electron chi connectivity index (χ2n) is 5.84. The number of carbonyl (C=O) groups is 1. The van der Waals surface area contributed by atoms with E-state index in [9.17, 15) is 14.1 Å². The van der Waals surface area contributed by atoms with Crippen molar-refractivity contribution in [1.82, 2.24) is 19.4 Å². The Labute approximate surface area is 148 Å². The Balaban J connectivity index is 1.91. The van der Waals surface area contributed by atoms with Crippen molar-refractivity contribution < 1.29 is 14.1 Å². The maximum Gasteiger partial charge on any atom is 0.409 e. The summed E-state index contributed by atoms with van der Waals surface area (Å²) in [7, 11) is 0. The van der Waals surface area contributed by atoms with Crippen LogP contribution in [0.1, 0.15) is 25.8 Å². The van der Waals surface area contributed by atoms with E-state index in [1.807, 2.05) is 0 Å². The summed E-state index contributed by atoms with van der Waals surface area (Å²) in [5.74, 6) is 0. The largest absolute Gasteiger partial charge is 0.609 e. The van der Waals surface area contributed by atoms with Crippen LogP contribution < -0.4 is 5.56 Å². The molecule has 1 atom stereocenters. The highest BCUT2D eigenvalue weighted by Crippen LogP contribution is 2.24. The van der Waals surface area contributed by atoms with Crippen LogP contribution in [0.15, 0.2) is 28.3 Å². The normalized spacial score (nSPS) is 16.8. The predicted molar refractivity (Wildman–Crippen MR) is 93.0 cm³/mol. The molecular weight excluding hydrogens is 344 g/mol. The second kappa shape index (κ2) is 7.40. The molecule has 2 aromatic heterocycles. The predicted octanol–water partition coefficient (Wildman–Crippen LogP) is 1.32. The van der Waals surface area contributed by atoms with Gasteiger partial charge in [0.15, 0.2) is 5.65 Å². The fourth-order valence-electron chi connectivity index (χ4n) is 3.04. The minimum absolute atomic E-state index is 0.0741. The van der Waals surface area contributed by atoms with Crippen molar-refractivity contribution in [3.05, 3.63) is 28.7 Å². The van der Waals surface area contributed by atoms with Crippen molar-refractivity contribution in [1.29, 1.82) is 0 Å². The third kappa shape index (κ3) is 3.62. The van der Waals surface area contributed by atoms with Crippen LogP contribution >= 0.6 is 0 Å². The minimum atomic E-state index is -1.33. The van der Waals surface area contributed by atoms with Crippen LogP contribution in [-0.2, 0) is 15.9 Å². The topological polar surface area (TPSA) is 100 Å². The van der Waals surface area contributed by atoms with Gasteiger partial charge in [-0.2, -0.15) is 9.97 Å². The summed E-state index contributed by atoms with van der Waals surface area (Å²) < 4.78 is 18.3. The van der Waals surface area contributed by atoms with Crippen LogP contribution in [0.3, 0.4) is 0 Å². The molecular formula is C16H20N4O4S. The third-order valence-corrected chi connectivity index (χ3v) is 4.97. The highest BCUT2D eigenvalue weighted by Gasteiger charge is 2.26. The average molecular weight is 364 g/mol. The molecule has 0 radical (unpaired) electrons. The molecule has 2 aromatic rings. The van der Waals surface area contributed by atoms with E-state index in [4.69, 9.17) is 4.74 Å². The van der Waals surface area contributed by atoms with E-state index < -0.39 is 11.2 Å². The molecule has 1 saturated heterocycles. The first-order valence-corrected chi connectivity index (χ1v) is 9.70. The van der Waals surface area contributed by atoms with Crippen molar-refractivity contribution in [2.24, 2.45) is 0 Å². The number of carbonyl (C=O) groups excluding carboxylic acids is 1. The Kier molecular flexibility index (Phi) is 5.24. The smallest absolute Gasteiger partial charge is 0.409 e. The lowest BCUT2D eigenvalue weighted by Gasteiger charge is -2.32. The molecule has 1 aliphatic rings. The van der Waals surface area contributed by atoms with Crippen molar-refractivity contribution >= 4 is 28.3 Å². The Hall–Kier alpha value is -2.13. The molecule has 0 N–H and O–H groups in total. The molecule has 1 unspecified atom stereocenters. The number of piperidine rings is 1. The van der Waals surface area contributed by atoms with Crippen molar-refractivity contribution in [2.75, 3.05) is 26.0 Å². The maximum absolute atomic E-state index is 12.5. The van der Waals surface area contributed by atoms with E-state index in [-0.39, 0.29) is 22.9 Å². The highest BCUT2D eigenvalue weighted by molar-refractivity contribution is 7.90. The molecule has 0 aromatic carbocycles. The van der Waals surface area contributed by atoms with Crippen LogP contribution in [0.25, 0.3) is 11.0 Å². The summed E-state index contributed by atoms with van der Waals surface area (Å²) in [6.45, 7) is 3.15. The maximum atomic E-state index is 12.5. The lowest BCUT2D eigenvalue weighted by molar-refractivity contribution is 0.0927. The number of pyridine rings is 1. The van der Waals surface area contributed by atoms with E-state index in [1.165, 1.54) is 12.3 Å². The molecule has 8 nitrogen and oxygen atoms in total. The first-order chi connectivity index (χ1) is 12.0. The summed E-state index contributed by atoms with van der Waals surface area (Å²) in [6.07, 6.45) is 4.03. The lowest BCUT2D eigenvalue weighted by atomic mass is 10.0. The molecule has 3 rings (SSSR count). The van der Waals surface area contributed by atoms with Crippen LogP contribution in [0.2, 0.25) is 0 Å². The second-order valence-corrected chi connectivity index (χ2v) is 7.12. The van der Waals surface area contributed by atoms with E-state index in [0.29, 0.717) is 38.2 Å². The number of likely N-dealkylation sites (tertiary alicyclic amines) is 1. The minimum Gasteiger partial charge on any atom is -0.609 e. The van der Waals surface area contributed by atoms with Gasteiger partial charge in [-0.25, -0.2) is 4.79 Å². The van der Waals surface area contributed by atoms with E-state index in [1.54, 1.807) is 28.7 Å². The zero-order chi connectivity index (χ0) is 18.0. The number of nitrogens with zero attached hydrogens (tertiary/aromatic N) is 4. The SMILES string of the molecule is CCOC(=O)N1CCC(n2c(=O)ccc3cnc([S+](C)[O-])nc32)CC1. The fourth-order valence-corrected chi connectivity index (χ4v) is 3.45. The number of ether oxygens (including phenoxy) is 1. The van der Waals surface area contributed by atoms with Gasteiger partial charge in [0, 0.05) is 48.0 Å². The van der Waals surface area contributed by atoms with Gasteiger partial charge in [0.1, 0.15) is 6.26 Å². The van der Waals surface area contributed by atoms with Crippen LogP contribution in [0.4, 0.5) is 4.79 Å². The zero-order valence-corrected chi connectivity index (χ0v) is 15.0. The van der Waals surface area contributed by atoms with Gasteiger partial charge >= 0.3 is 11.2 Å². The molecule has 0 aliphatic carbocycles. The Morgan fingerprint density at radius 1 is 1.40 bits per heavy atom. The van der Waals surface area contributed by atoms with Gasteiger partial charge in [-0.1, -0.05) is 0 Å². The quantitative estimate of drug-likeness (QED) is 0.601. The molecule has 0 saturated carbocycles. The number of fused-ring (bicyclic) bond motifs is 1. The van der Waals surface area contributed by atoms with Crippen LogP contribution in [-0.4, -0.2) is 56.0 Å². The first-order valence-electron chi connectivity index (χ1n) is 8.14. The molecule has 0 bridgehead atoms. The summed E-state index contributed by atoms with van der Waals surface area (Å²) in [5, 5.41) is 0.928. The van der Waals surface area contributed by atoms with Crippen molar-refractivity contribution in [3.63, 3.8) is 0 Å². The van der Waals surface area contributed by atoms with Crippen molar-refractivity contribution in [3.8, 4) is 0 Å². The van der Waals surface area contributed by atoms with Crippen LogP contribution in [0, 0.1) is 0 Å². The summed E-state index contributed by atoms with van der Waals surface area (Å²) >= 11 is -1.33. The molecule has 134 valence electrons. The standard InChI is InChI=1S/C16H20N4O4S/c1-3-24-16(22)19-8-6-12(7-9-19)20-13(21)5-4-11-10-17-15(25(2)23)18-14(11)20/h4-5,10,12H,3,6-9H2,1-2H3. The van der Waals surface area contributed by atoms with Gasteiger partial charge in [0.05, 0.1) is 6.61 Å². The molecule has 0 spiro atoms. The highest BCUT2D eigenvalue weighted by atomic mass is 32.2. The van der Waals surface area contributed by atoms with Crippen LogP contribution in [0.5, 0.6) is 0 Å². The van der Waals surface area contributed by atoms with E-state index >= 15 is 0 Å².